The van der Waals surface area contributed by atoms with Gasteiger partial charge in [-0.15, -0.1) is 0 Å². The molecule has 0 N–H and O–H groups in total. The summed E-state index contributed by atoms with van der Waals surface area (Å²) in [6.45, 7) is 12.7. The second-order valence-corrected chi connectivity index (χ2v) is 7.62. The van der Waals surface area contributed by atoms with Crippen LogP contribution in [-0.2, 0) is 12.0 Å². The van der Waals surface area contributed by atoms with Crippen LogP contribution >= 0.6 is 0 Å². The lowest BCUT2D eigenvalue weighted by Crippen LogP contribution is -2.49. The topological polar surface area (TPSA) is 41.4 Å². The van der Waals surface area contributed by atoms with Crippen LogP contribution in [0.15, 0.2) is 36.7 Å². The number of aromatic nitrogens is 2. The van der Waals surface area contributed by atoms with E-state index in [0.29, 0.717) is 0 Å². The molecule has 1 aliphatic heterocycles. The Kier molecular flexibility index (Phi) is 4.84. The highest BCUT2D eigenvalue weighted by atomic mass is 16.2. The maximum Gasteiger partial charge on any atom is 0.253 e. The van der Waals surface area contributed by atoms with E-state index in [0.717, 1.165) is 44.2 Å². The zero-order valence-corrected chi connectivity index (χ0v) is 15.7. The summed E-state index contributed by atoms with van der Waals surface area (Å²) in [5, 5.41) is 0. The zero-order valence-electron chi connectivity index (χ0n) is 15.7. The fourth-order valence-electron chi connectivity index (χ4n) is 3.24. The van der Waals surface area contributed by atoms with Crippen LogP contribution < -0.4 is 4.90 Å². The molecule has 1 amide bonds. The largest absolute Gasteiger partial charge is 0.339 e. The summed E-state index contributed by atoms with van der Waals surface area (Å²) in [6.07, 6.45) is 3.84. The van der Waals surface area contributed by atoms with E-state index in [9.17, 15) is 4.79 Å². The van der Waals surface area contributed by atoms with E-state index in [1.807, 2.05) is 29.4 Å². The van der Waals surface area contributed by atoms with E-state index in [1.54, 1.807) is 0 Å². The standard InChI is InChI=1S/C20H28N4O/c1-5-22-11-10-21-19(22)24-14-12-23(13-15-24)18(25)16-6-8-17(9-7-16)20(2,3)4/h6-11H,5,12-15H2,1-4H3. The Morgan fingerprint density at radius 1 is 1.08 bits per heavy atom. The number of hydrogen-bond acceptors (Lipinski definition) is 3. The molecule has 0 bridgehead atoms. The van der Waals surface area contributed by atoms with E-state index in [2.05, 4.69) is 54.3 Å². The molecule has 1 fully saturated rings. The molecule has 25 heavy (non-hydrogen) atoms. The molecule has 134 valence electrons. The first kappa shape index (κ1) is 17.5. The number of hydrogen-bond donors (Lipinski definition) is 0. The first-order chi connectivity index (χ1) is 11.9. The smallest absolute Gasteiger partial charge is 0.253 e. The van der Waals surface area contributed by atoms with Gasteiger partial charge in [-0.3, -0.25) is 4.79 Å². The third kappa shape index (κ3) is 3.70. The van der Waals surface area contributed by atoms with Gasteiger partial charge in [0.25, 0.3) is 5.91 Å². The average Bonchev–Trinajstić information content (AvgIpc) is 3.09. The molecule has 5 nitrogen and oxygen atoms in total. The van der Waals surface area contributed by atoms with Crippen molar-refractivity contribution < 1.29 is 4.79 Å². The molecular formula is C20H28N4O. The van der Waals surface area contributed by atoms with Gasteiger partial charge in [0.15, 0.2) is 0 Å². The molecule has 0 unspecified atom stereocenters. The van der Waals surface area contributed by atoms with Crippen LogP contribution in [0.5, 0.6) is 0 Å². The SMILES string of the molecule is CCn1ccnc1N1CCN(C(=O)c2ccc(C(C)(C)C)cc2)CC1. The zero-order chi connectivity index (χ0) is 18.0. The Bertz CT molecular complexity index is 719. The van der Waals surface area contributed by atoms with Crippen molar-refractivity contribution >= 4 is 11.9 Å². The highest BCUT2D eigenvalue weighted by Crippen LogP contribution is 2.23. The quantitative estimate of drug-likeness (QED) is 0.862. The van der Waals surface area contributed by atoms with Crippen molar-refractivity contribution in [1.82, 2.24) is 14.5 Å². The number of benzene rings is 1. The number of piperazine rings is 1. The van der Waals surface area contributed by atoms with E-state index in [-0.39, 0.29) is 11.3 Å². The Morgan fingerprint density at radius 2 is 1.72 bits per heavy atom. The first-order valence-corrected chi connectivity index (χ1v) is 9.06. The highest BCUT2D eigenvalue weighted by Gasteiger charge is 2.24. The summed E-state index contributed by atoms with van der Waals surface area (Å²) in [6, 6.07) is 8.06. The van der Waals surface area contributed by atoms with E-state index >= 15 is 0 Å². The van der Waals surface area contributed by atoms with Crippen LogP contribution in [0.1, 0.15) is 43.6 Å². The number of imidazole rings is 1. The minimum Gasteiger partial charge on any atom is -0.339 e. The van der Waals surface area contributed by atoms with Crippen molar-refractivity contribution in [2.24, 2.45) is 0 Å². The molecular weight excluding hydrogens is 312 g/mol. The van der Waals surface area contributed by atoms with Gasteiger partial charge in [-0.1, -0.05) is 32.9 Å². The van der Waals surface area contributed by atoms with Gasteiger partial charge in [0, 0.05) is 50.7 Å². The van der Waals surface area contributed by atoms with Gasteiger partial charge in [0.2, 0.25) is 5.95 Å². The second kappa shape index (κ2) is 6.90. The monoisotopic (exact) mass is 340 g/mol. The number of anilines is 1. The second-order valence-electron chi connectivity index (χ2n) is 7.62. The molecule has 1 aromatic heterocycles. The van der Waals surface area contributed by atoms with Crippen molar-refractivity contribution in [3.63, 3.8) is 0 Å². The van der Waals surface area contributed by atoms with Crippen molar-refractivity contribution in [2.45, 2.75) is 39.7 Å². The molecule has 3 rings (SSSR count). The molecule has 1 aliphatic rings. The summed E-state index contributed by atoms with van der Waals surface area (Å²) in [5.74, 6) is 1.13. The third-order valence-corrected chi connectivity index (χ3v) is 4.88. The van der Waals surface area contributed by atoms with Gasteiger partial charge in [0.05, 0.1) is 0 Å². The van der Waals surface area contributed by atoms with Crippen molar-refractivity contribution in [2.75, 3.05) is 31.1 Å². The lowest BCUT2D eigenvalue weighted by Gasteiger charge is -2.35. The van der Waals surface area contributed by atoms with Crippen LogP contribution in [0.3, 0.4) is 0 Å². The molecule has 0 aliphatic carbocycles. The number of nitrogens with zero attached hydrogens (tertiary/aromatic N) is 4. The van der Waals surface area contributed by atoms with Crippen molar-refractivity contribution in [1.29, 1.82) is 0 Å². The number of aryl methyl sites for hydroxylation is 1. The first-order valence-electron chi connectivity index (χ1n) is 9.06. The molecule has 1 aromatic carbocycles. The summed E-state index contributed by atoms with van der Waals surface area (Å²) in [7, 11) is 0. The van der Waals surface area contributed by atoms with Gasteiger partial charge in [0.1, 0.15) is 0 Å². The molecule has 2 aromatic rings. The molecule has 0 radical (unpaired) electrons. The predicted molar refractivity (Wildman–Crippen MR) is 101 cm³/mol. The molecule has 0 saturated carbocycles. The summed E-state index contributed by atoms with van der Waals surface area (Å²) >= 11 is 0. The van der Waals surface area contributed by atoms with Gasteiger partial charge >= 0.3 is 0 Å². The third-order valence-electron chi connectivity index (χ3n) is 4.88. The number of rotatable bonds is 3. The van der Waals surface area contributed by atoms with Gasteiger partial charge in [-0.25, -0.2) is 4.98 Å². The van der Waals surface area contributed by atoms with E-state index in [1.165, 1.54) is 5.56 Å². The van der Waals surface area contributed by atoms with Crippen molar-refractivity contribution in [3.8, 4) is 0 Å². The minimum atomic E-state index is 0.106. The fraction of sp³-hybridized carbons (Fsp3) is 0.500. The molecule has 1 saturated heterocycles. The number of amides is 1. The van der Waals surface area contributed by atoms with E-state index in [4.69, 9.17) is 0 Å². The van der Waals surface area contributed by atoms with Crippen LogP contribution in [0.4, 0.5) is 5.95 Å². The maximum absolute atomic E-state index is 12.8. The Labute approximate surface area is 150 Å². The van der Waals surface area contributed by atoms with Crippen LogP contribution in [0, 0.1) is 0 Å². The molecule has 0 spiro atoms. The van der Waals surface area contributed by atoms with Crippen LogP contribution in [-0.4, -0.2) is 46.5 Å². The minimum absolute atomic E-state index is 0.106. The van der Waals surface area contributed by atoms with Crippen LogP contribution in [0.25, 0.3) is 0 Å². The fourth-order valence-corrected chi connectivity index (χ4v) is 3.24. The molecule has 0 atom stereocenters. The van der Waals surface area contributed by atoms with Crippen molar-refractivity contribution in [3.05, 3.63) is 47.8 Å². The van der Waals surface area contributed by atoms with Gasteiger partial charge in [-0.05, 0) is 30.0 Å². The normalized spacial score (nSPS) is 15.5. The number of carbonyl (C=O) groups is 1. The lowest BCUT2D eigenvalue weighted by atomic mass is 9.86. The van der Waals surface area contributed by atoms with Gasteiger partial charge in [-0.2, -0.15) is 0 Å². The summed E-state index contributed by atoms with van der Waals surface area (Å²) < 4.78 is 2.14. The summed E-state index contributed by atoms with van der Waals surface area (Å²) in [4.78, 5) is 21.4. The Balaban J connectivity index is 1.63. The highest BCUT2D eigenvalue weighted by molar-refractivity contribution is 5.94. The number of carbonyl (C=O) groups excluding carboxylic acids is 1. The van der Waals surface area contributed by atoms with E-state index < -0.39 is 0 Å². The lowest BCUT2D eigenvalue weighted by molar-refractivity contribution is 0.0746. The summed E-state index contributed by atoms with van der Waals surface area (Å²) in [5.41, 5.74) is 2.13. The molecule has 2 heterocycles. The predicted octanol–water partition coefficient (Wildman–Crippen LogP) is 3.16. The Morgan fingerprint density at radius 3 is 2.28 bits per heavy atom. The average molecular weight is 340 g/mol. The van der Waals surface area contributed by atoms with Gasteiger partial charge < -0.3 is 14.4 Å². The maximum atomic E-state index is 12.8. The molecule has 5 heteroatoms. The Hall–Kier alpha value is -2.30. The van der Waals surface area contributed by atoms with Crippen LogP contribution in [0.2, 0.25) is 0 Å².